The molecule has 3 heterocycles. The minimum atomic E-state index is 1.03. The van der Waals surface area contributed by atoms with Gasteiger partial charge in [-0.25, -0.2) is 4.98 Å². The molecule has 9 aromatic rings. The summed E-state index contributed by atoms with van der Waals surface area (Å²) >= 11 is 1.84. The van der Waals surface area contributed by atoms with Crippen molar-refractivity contribution in [2.24, 2.45) is 0 Å². The Labute approximate surface area is 222 Å². The Bertz CT molecular complexity index is 2390. The molecule has 6 aromatic carbocycles. The normalized spacial score (nSPS) is 12.2. The van der Waals surface area contributed by atoms with E-state index in [4.69, 9.17) is 4.98 Å². The summed E-state index contributed by atoms with van der Waals surface area (Å²) in [5.74, 6) is 0. The summed E-state index contributed by atoms with van der Waals surface area (Å²) < 4.78 is 4.79. The van der Waals surface area contributed by atoms with Crippen molar-refractivity contribution in [2.45, 2.75) is 0 Å². The minimum absolute atomic E-state index is 1.03. The van der Waals surface area contributed by atoms with E-state index in [-0.39, 0.29) is 0 Å². The number of thiophene rings is 1. The SMILES string of the molecule is [c]1ccc(-c2cccc3cc4sc5c(ccn6c7ccc8c9ccccc9ccc8c7nc56)c4cc23)cc1. The summed E-state index contributed by atoms with van der Waals surface area (Å²) in [6.07, 6.45) is 2.19. The maximum atomic E-state index is 5.28. The van der Waals surface area contributed by atoms with Gasteiger partial charge < -0.3 is 0 Å². The van der Waals surface area contributed by atoms with Gasteiger partial charge in [0.25, 0.3) is 0 Å². The number of benzene rings is 6. The highest BCUT2D eigenvalue weighted by molar-refractivity contribution is 7.26. The molecule has 0 amide bonds. The summed E-state index contributed by atoms with van der Waals surface area (Å²) in [5.41, 5.74) is 5.71. The van der Waals surface area contributed by atoms with E-state index in [9.17, 15) is 0 Å². The van der Waals surface area contributed by atoms with Crippen LogP contribution in [-0.4, -0.2) is 9.38 Å². The molecule has 0 bridgehead atoms. The van der Waals surface area contributed by atoms with E-state index in [0.29, 0.717) is 0 Å². The van der Waals surface area contributed by atoms with Gasteiger partial charge in [-0.3, -0.25) is 4.40 Å². The number of hydrogen-bond acceptors (Lipinski definition) is 2. The van der Waals surface area contributed by atoms with Crippen LogP contribution in [0.1, 0.15) is 0 Å². The van der Waals surface area contributed by atoms with Crippen molar-refractivity contribution in [2.75, 3.05) is 0 Å². The predicted molar refractivity (Wildman–Crippen MR) is 162 cm³/mol. The fraction of sp³-hybridized carbons (Fsp3) is 0. The number of imidazole rings is 1. The Morgan fingerprint density at radius 2 is 1.50 bits per heavy atom. The van der Waals surface area contributed by atoms with E-state index < -0.39 is 0 Å². The summed E-state index contributed by atoms with van der Waals surface area (Å²) in [4.78, 5) is 5.28. The quantitative estimate of drug-likeness (QED) is 0.205. The molecule has 3 heteroatoms. The standard InChI is InChI=1S/C35H19N2S/c1-2-7-21(8-3-1)25-12-6-10-23-19-32-30(20-29(23)25)28-17-18-37-31-16-15-26-24-11-5-4-9-22(24)13-14-27(26)33(31)36-35(37)34(28)38-32/h2-20H. The molecule has 2 nitrogen and oxygen atoms in total. The Balaban J connectivity index is 1.36. The van der Waals surface area contributed by atoms with Gasteiger partial charge in [-0.05, 0) is 68.4 Å². The van der Waals surface area contributed by atoms with Gasteiger partial charge in [0.15, 0.2) is 5.65 Å². The van der Waals surface area contributed by atoms with Crippen molar-refractivity contribution in [3.63, 3.8) is 0 Å². The maximum absolute atomic E-state index is 5.28. The van der Waals surface area contributed by atoms with E-state index in [2.05, 4.69) is 114 Å². The number of rotatable bonds is 1. The van der Waals surface area contributed by atoms with Gasteiger partial charge in [0.1, 0.15) is 0 Å². The molecule has 0 saturated carbocycles. The third-order valence-corrected chi connectivity index (χ3v) is 9.10. The molecule has 0 unspecified atom stereocenters. The Morgan fingerprint density at radius 3 is 2.45 bits per heavy atom. The molecule has 1 radical (unpaired) electrons. The van der Waals surface area contributed by atoms with E-state index in [0.717, 1.165) is 16.7 Å². The van der Waals surface area contributed by atoms with Crippen LogP contribution in [0.5, 0.6) is 0 Å². The molecule has 0 aliphatic heterocycles. The number of aromatic nitrogens is 2. The second-order valence-electron chi connectivity index (χ2n) is 9.94. The van der Waals surface area contributed by atoms with Gasteiger partial charge in [0, 0.05) is 27.1 Å². The van der Waals surface area contributed by atoms with Crippen LogP contribution in [0.3, 0.4) is 0 Å². The zero-order chi connectivity index (χ0) is 24.8. The Kier molecular flexibility index (Phi) is 3.96. The monoisotopic (exact) mass is 499 g/mol. The Hall–Kier alpha value is -4.73. The maximum Gasteiger partial charge on any atom is 0.156 e. The van der Waals surface area contributed by atoms with Gasteiger partial charge in [-0.15, -0.1) is 11.3 Å². The number of hydrogen-bond donors (Lipinski definition) is 0. The lowest BCUT2D eigenvalue weighted by molar-refractivity contribution is 1.25. The lowest BCUT2D eigenvalue weighted by atomic mass is 9.97. The van der Waals surface area contributed by atoms with Crippen LogP contribution in [0.4, 0.5) is 0 Å². The summed E-state index contributed by atoms with van der Waals surface area (Å²) in [6, 6.07) is 42.4. The van der Waals surface area contributed by atoms with Crippen molar-refractivity contribution in [3.05, 3.63) is 121 Å². The minimum Gasteiger partial charge on any atom is -0.298 e. The molecule has 175 valence electrons. The second kappa shape index (κ2) is 7.41. The molecule has 0 fully saturated rings. The van der Waals surface area contributed by atoms with Crippen molar-refractivity contribution >= 4 is 80.5 Å². The van der Waals surface area contributed by atoms with Gasteiger partial charge in [-0.2, -0.15) is 0 Å². The summed E-state index contributed by atoms with van der Waals surface area (Å²) in [7, 11) is 0. The average molecular weight is 500 g/mol. The first kappa shape index (κ1) is 20.3. The summed E-state index contributed by atoms with van der Waals surface area (Å²) in [6.45, 7) is 0. The highest BCUT2D eigenvalue weighted by Gasteiger charge is 2.16. The van der Waals surface area contributed by atoms with E-state index in [1.54, 1.807) is 0 Å². The highest BCUT2D eigenvalue weighted by atomic mass is 32.1. The third kappa shape index (κ3) is 2.69. The van der Waals surface area contributed by atoms with Gasteiger partial charge in [0.05, 0.1) is 15.7 Å². The van der Waals surface area contributed by atoms with Gasteiger partial charge in [0.2, 0.25) is 0 Å². The molecular formula is C35H19N2S. The van der Waals surface area contributed by atoms with Crippen LogP contribution in [0, 0.1) is 6.07 Å². The molecule has 0 aliphatic carbocycles. The van der Waals surface area contributed by atoms with Gasteiger partial charge >= 0.3 is 0 Å². The highest BCUT2D eigenvalue weighted by Crippen LogP contribution is 2.41. The summed E-state index contributed by atoms with van der Waals surface area (Å²) in [5, 5.41) is 10.1. The molecule has 0 saturated heterocycles. The van der Waals surface area contributed by atoms with Crippen LogP contribution in [0.15, 0.2) is 115 Å². The van der Waals surface area contributed by atoms with E-state index in [1.807, 2.05) is 23.5 Å². The first-order chi connectivity index (χ1) is 18.8. The fourth-order valence-corrected chi connectivity index (χ4v) is 7.35. The van der Waals surface area contributed by atoms with E-state index >= 15 is 0 Å². The first-order valence-corrected chi connectivity index (χ1v) is 13.6. The zero-order valence-corrected chi connectivity index (χ0v) is 21.1. The van der Waals surface area contributed by atoms with Crippen LogP contribution in [0.25, 0.3) is 80.3 Å². The molecule has 3 aromatic heterocycles. The predicted octanol–water partition coefficient (Wildman–Crippen LogP) is 9.78. The largest absolute Gasteiger partial charge is 0.298 e. The van der Waals surface area contributed by atoms with Crippen LogP contribution < -0.4 is 0 Å². The fourth-order valence-electron chi connectivity index (χ4n) is 6.14. The first-order valence-electron chi connectivity index (χ1n) is 12.8. The van der Waals surface area contributed by atoms with Crippen LogP contribution in [0.2, 0.25) is 0 Å². The molecular weight excluding hydrogens is 480 g/mol. The van der Waals surface area contributed by atoms with Crippen molar-refractivity contribution in [1.82, 2.24) is 9.38 Å². The second-order valence-corrected chi connectivity index (χ2v) is 11.0. The molecule has 0 atom stereocenters. The third-order valence-electron chi connectivity index (χ3n) is 7.93. The molecule has 38 heavy (non-hydrogen) atoms. The average Bonchev–Trinajstić information content (AvgIpc) is 3.54. The lowest BCUT2D eigenvalue weighted by Gasteiger charge is -2.07. The molecule has 0 aliphatic rings. The van der Waals surface area contributed by atoms with Crippen LogP contribution >= 0.6 is 11.3 Å². The van der Waals surface area contributed by atoms with Crippen molar-refractivity contribution in [1.29, 1.82) is 0 Å². The van der Waals surface area contributed by atoms with Crippen LogP contribution in [-0.2, 0) is 0 Å². The zero-order valence-electron chi connectivity index (χ0n) is 20.3. The molecule has 0 N–H and O–H groups in total. The molecule has 9 rings (SSSR count). The molecule has 0 spiro atoms. The van der Waals surface area contributed by atoms with Crippen molar-refractivity contribution < 1.29 is 0 Å². The topological polar surface area (TPSA) is 17.3 Å². The van der Waals surface area contributed by atoms with E-state index in [1.165, 1.54) is 63.6 Å². The number of nitrogens with zero attached hydrogens (tertiary/aromatic N) is 2. The van der Waals surface area contributed by atoms with Crippen molar-refractivity contribution in [3.8, 4) is 11.1 Å². The number of fused-ring (bicyclic) bond motifs is 12. The Morgan fingerprint density at radius 1 is 0.632 bits per heavy atom. The number of pyridine rings is 1. The smallest absolute Gasteiger partial charge is 0.156 e. The lowest BCUT2D eigenvalue weighted by Crippen LogP contribution is -1.84. The van der Waals surface area contributed by atoms with Gasteiger partial charge in [-0.1, -0.05) is 84.9 Å².